The Labute approximate surface area is 104 Å². The van der Waals surface area contributed by atoms with Gasteiger partial charge < -0.3 is 0 Å². The van der Waals surface area contributed by atoms with Gasteiger partial charge in [0.1, 0.15) is 0 Å². The molecule has 1 aliphatic carbocycles. The summed E-state index contributed by atoms with van der Waals surface area (Å²) >= 11 is 0. The number of hydrogen-bond donors (Lipinski definition) is 2. The molecule has 17 heavy (non-hydrogen) atoms. The second-order valence-corrected chi connectivity index (χ2v) is 4.68. The summed E-state index contributed by atoms with van der Waals surface area (Å²) in [6.45, 7) is 4.79. The number of unbranched alkanes of at least 4 members (excludes halogenated alkanes) is 1. The molecule has 0 aromatic carbocycles. The Morgan fingerprint density at radius 3 is 1.82 bits per heavy atom. The molecule has 0 bridgehead atoms. The van der Waals surface area contributed by atoms with Crippen LogP contribution in [0.4, 0.5) is 0 Å². The van der Waals surface area contributed by atoms with Gasteiger partial charge in [-0.25, -0.2) is 20.4 Å². The Bertz CT molecular complexity index is 222. The molecule has 1 saturated carbocycles. The lowest BCUT2D eigenvalue weighted by molar-refractivity contribution is 0.194. The zero-order valence-electron chi connectivity index (χ0n) is 11.0. The van der Waals surface area contributed by atoms with Crippen LogP contribution in [0.15, 0.2) is 0 Å². The molecule has 0 atom stereocenters. The van der Waals surface area contributed by atoms with Crippen LogP contribution in [-0.4, -0.2) is 12.2 Å². The molecule has 0 aromatic rings. The van der Waals surface area contributed by atoms with E-state index in [0.29, 0.717) is 0 Å². The van der Waals surface area contributed by atoms with Crippen molar-refractivity contribution in [3.63, 3.8) is 0 Å². The average molecular weight is 240 g/mol. The summed E-state index contributed by atoms with van der Waals surface area (Å²) < 4.78 is 0. The second-order valence-electron chi connectivity index (χ2n) is 4.68. The number of carbonyl (C=O) groups excluding carboxylic acids is 2. The zero-order chi connectivity index (χ0) is 13.6. The fraction of sp³-hybridized carbons (Fsp3) is 0.846. The van der Waals surface area contributed by atoms with Gasteiger partial charge >= 0.3 is 0 Å². The van der Waals surface area contributed by atoms with E-state index in [1.165, 1.54) is 51.4 Å². The highest BCUT2D eigenvalue weighted by Crippen LogP contribution is 2.39. The molecule has 0 heterocycles. The average Bonchev–Trinajstić information content (AvgIpc) is 2.30. The highest BCUT2D eigenvalue weighted by atomic mass is 16.1. The molecule has 98 valence electrons. The van der Waals surface area contributed by atoms with Crippen molar-refractivity contribution in [1.29, 1.82) is 10.8 Å². The molecule has 0 radical (unpaired) electrons. The predicted molar refractivity (Wildman–Crippen MR) is 67.5 cm³/mol. The van der Waals surface area contributed by atoms with E-state index >= 15 is 0 Å². The number of hydrogen-bond acceptors (Lipinski definition) is 4. The van der Waals surface area contributed by atoms with Crippen LogP contribution in [0.1, 0.15) is 65.2 Å². The highest BCUT2D eigenvalue weighted by molar-refractivity contribution is 5.26. The topological polar surface area (TPSA) is 81.8 Å². The number of rotatable bonds is 3. The number of isocyanates is 2. The highest BCUT2D eigenvalue weighted by Gasteiger charge is 2.25. The molecule has 0 unspecified atom stereocenters. The van der Waals surface area contributed by atoms with Crippen LogP contribution in [-0.2, 0) is 9.59 Å². The van der Waals surface area contributed by atoms with Gasteiger partial charge in [-0.05, 0) is 24.7 Å². The van der Waals surface area contributed by atoms with Gasteiger partial charge in [-0.1, -0.05) is 46.0 Å². The zero-order valence-corrected chi connectivity index (χ0v) is 11.0. The van der Waals surface area contributed by atoms with Crippen LogP contribution in [0.25, 0.3) is 0 Å². The number of nitrogens with one attached hydrogen (secondary N) is 2. The first-order valence-corrected chi connectivity index (χ1v) is 6.18. The van der Waals surface area contributed by atoms with Crippen LogP contribution in [0.3, 0.4) is 0 Å². The lowest BCUT2D eigenvalue weighted by atomic mass is 9.73. The van der Waals surface area contributed by atoms with E-state index in [-0.39, 0.29) is 0 Å². The summed E-state index contributed by atoms with van der Waals surface area (Å²) in [5.74, 6) is 0. The molecule has 1 rings (SSSR count). The minimum absolute atomic E-state index is 0.730. The maximum absolute atomic E-state index is 8.35. The summed E-state index contributed by atoms with van der Waals surface area (Å²) in [7, 11) is 0. The van der Waals surface area contributed by atoms with Gasteiger partial charge in [-0.2, -0.15) is 0 Å². The summed E-state index contributed by atoms with van der Waals surface area (Å²) in [5, 5.41) is 10.8. The third-order valence-electron chi connectivity index (χ3n) is 3.19. The van der Waals surface area contributed by atoms with E-state index < -0.39 is 0 Å². The third kappa shape index (κ3) is 12.7. The van der Waals surface area contributed by atoms with Gasteiger partial charge in [0.2, 0.25) is 12.2 Å². The van der Waals surface area contributed by atoms with Crippen LogP contribution in [0.2, 0.25) is 0 Å². The Morgan fingerprint density at radius 1 is 1.06 bits per heavy atom. The van der Waals surface area contributed by atoms with Crippen molar-refractivity contribution in [2.45, 2.75) is 65.2 Å². The van der Waals surface area contributed by atoms with Gasteiger partial charge in [0.15, 0.2) is 0 Å². The molecule has 0 spiro atoms. The monoisotopic (exact) mass is 240 g/mol. The summed E-state index contributed by atoms with van der Waals surface area (Å²) in [6.07, 6.45) is 13.2. The van der Waals surface area contributed by atoms with Crippen molar-refractivity contribution >= 4 is 12.2 Å². The molecule has 1 aliphatic rings. The minimum atomic E-state index is 0.730. The largest absolute Gasteiger partial charge is 0.231 e. The first-order chi connectivity index (χ1) is 8.10. The SMILES string of the molecule is CCCCC1(C)CCCCC1.N=C=O.N=C=O. The maximum atomic E-state index is 8.35. The van der Waals surface area contributed by atoms with Crippen LogP contribution in [0, 0.1) is 16.2 Å². The van der Waals surface area contributed by atoms with Gasteiger partial charge in [0.25, 0.3) is 0 Å². The summed E-state index contributed by atoms with van der Waals surface area (Å²) in [4.78, 5) is 16.7. The predicted octanol–water partition coefficient (Wildman–Crippen LogP) is 3.95. The maximum Gasteiger partial charge on any atom is 0.231 e. The molecule has 0 saturated heterocycles. The molecule has 1 fully saturated rings. The Morgan fingerprint density at radius 2 is 1.47 bits per heavy atom. The van der Waals surface area contributed by atoms with Crippen molar-refractivity contribution in [2.24, 2.45) is 5.41 Å². The first kappa shape index (κ1) is 18.1. The molecular weight excluding hydrogens is 216 g/mol. The van der Waals surface area contributed by atoms with E-state index in [1.54, 1.807) is 0 Å². The Kier molecular flexibility index (Phi) is 13.7. The van der Waals surface area contributed by atoms with Gasteiger partial charge in [0, 0.05) is 0 Å². The van der Waals surface area contributed by atoms with E-state index in [1.807, 2.05) is 0 Å². The lowest BCUT2D eigenvalue weighted by Gasteiger charge is -2.33. The normalized spacial score (nSPS) is 16.1. The fourth-order valence-electron chi connectivity index (χ4n) is 2.26. The van der Waals surface area contributed by atoms with E-state index in [9.17, 15) is 0 Å². The van der Waals surface area contributed by atoms with Gasteiger partial charge in [-0.15, -0.1) is 0 Å². The van der Waals surface area contributed by atoms with E-state index in [2.05, 4.69) is 13.8 Å². The third-order valence-corrected chi connectivity index (χ3v) is 3.19. The van der Waals surface area contributed by atoms with Crippen molar-refractivity contribution in [2.75, 3.05) is 0 Å². The van der Waals surface area contributed by atoms with Crippen LogP contribution in [0.5, 0.6) is 0 Å². The van der Waals surface area contributed by atoms with Crippen LogP contribution < -0.4 is 0 Å². The standard InChI is InChI=1S/C11H22.2CHNO/c1-3-4-8-11(2)9-6-5-7-10-11;2*2-1-3/h3-10H2,1-2H3;2*2H. The van der Waals surface area contributed by atoms with Crippen molar-refractivity contribution in [3.8, 4) is 0 Å². The molecule has 4 nitrogen and oxygen atoms in total. The van der Waals surface area contributed by atoms with Gasteiger partial charge in [0.05, 0.1) is 0 Å². The molecule has 0 amide bonds. The van der Waals surface area contributed by atoms with Crippen molar-refractivity contribution in [3.05, 3.63) is 0 Å². The Hall–Kier alpha value is -1.24. The molecule has 2 N–H and O–H groups in total. The van der Waals surface area contributed by atoms with Crippen molar-refractivity contribution in [1.82, 2.24) is 0 Å². The molecular formula is C13H24N2O2. The molecule has 0 aromatic heterocycles. The Balaban J connectivity index is 0. The van der Waals surface area contributed by atoms with Crippen molar-refractivity contribution < 1.29 is 9.59 Å². The second kappa shape index (κ2) is 12.8. The molecule has 0 aliphatic heterocycles. The molecule has 4 heteroatoms. The quantitative estimate of drug-likeness (QED) is 0.578. The van der Waals surface area contributed by atoms with E-state index in [4.69, 9.17) is 20.4 Å². The summed E-state index contributed by atoms with van der Waals surface area (Å²) in [6, 6.07) is 0. The van der Waals surface area contributed by atoms with Crippen LogP contribution >= 0.6 is 0 Å². The smallest absolute Gasteiger partial charge is 0.222 e. The first-order valence-electron chi connectivity index (χ1n) is 6.18. The van der Waals surface area contributed by atoms with Gasteiger partial charge in [-0.3, -0.25) is 0 Å². The van der Waals surface area contributed by atoms with E-state index in [0.717, 1.165) is 17.6 Å². The minimum Gasteiger partial charge on any atom is -0.222 e. The lowest BCUT2D eigenvalue weighted by Crippen LogP contribution is -2.19. The summed E-state index contributed by atoms with van der Waals surface area (Å²) in [5.41, 5.74) is 0.730. The fourth-order valence-corrected chi connectivity index (χ4v) is 2.26.